The molecule has 0 bridgehead atoms. The van der Waals surface area contributed by atoms with Gasteiger partial charge in [0.1, 0.15) is 11.4 Å². The van der Waals surface area contributed by atoms with Gasteiger partial charge in [-0.1, -0.05) is 24.3 Å². The highest BCUT2D eigenvalue weighted by molar-refractivity contribution is 6.07. The summed E-state index contributed by atoms with van der Waals surface area (Å²) in [6, 6.07) is 20.7. The number of rotatable bonds is 6. The number of pyridine rings is 1. The molecule has 0 aliphatic heterocycles. The molecule has 0 spiro atoms. The van der Waals surface area contributed by atoms with Crippen molar-refractivity contribution in [2.45, 2.75) is 13.8 Å². The normalized spacial score (nSPS) is 10.3. The van der Waals surface area contributed by atoms with E-state index in [0.29, 0.717) is 17.8 Å². The predicted octanol–water partition coefficient (Wildman–Crippen LogP) is 4.20. The Morgan fingerprint density at radius 1 is 0.862 bits per heavy atom. The molecule has 0 saturated heterocycles. The van der Waals surface area contributed by atoms with Crippen LogP contribution >= 0.6 is 0 Å². The Balaban J connectivity index is 1.78. The molecule has 0 atom stereocenters. The van der Waals surface area contributed by atoms with Crippen LogP contribution in [-0.4, -0.2) is 29.1 Å². The predicted molar refractivity (Wildman–Crippen MR) is 112 cm³/mol. The van der Waals surface area contributed by atoms with Gasteiger partial charge >= 0.3 is 0 Å². The number of hydrogen-bond acceptors (Lipinski definition) is 4. The van der Waals surface area contributed by atoms with Crippen LogP contribution in [0.15, 0.2) is 72.8 Å². The third kappa shape index (κ3) is 4.73. The molecule has 1 heterocycles. The van der Waals surface area contributed by atoms with Gasteiger partial charge in [0.25, 0.3) is 11.8 Å². The zero-order chi connectivity index (χ0) is 20.8. The van der Waals surface area contributed by atoms with Crippen LogP contribution in [0.5, 0.6) is 0 Å². The van der Waals surface area contributed by atoms with Crippen LogP contribution in [0.25, 0.3) is 0 Å². The number of aromatic nitrogens is 1. The number of ketones is 1. The highest BCUT2D eigenvalue weighted by Crippen LogP contribution is 2.16. The highest BCUT2D eigenvalue weighted by Gasteiger charge is 2.19. The van der Waals surface area contributed by atoms with Crippen LogP contribution in [0.2, 0.25) is 0 Å². The Labute approximate surface area is 169 Å². The fourth-order valence-electron chi connectivity index (χ4n) is 2.85. The molecular formula is C23H21N3O3. The minimum absolute atomic E-state index is 0.0466. The summed E-state index contributed by atoms with van der Waals surface area (Å²) in [5.74, 6) is -0.758. The van der Waals surface area contributed by atoms with Gasteiger partial charge in [-0.25, -0.2) is 4.98 Å². The van der Waals surface area contributed by atoms with Crippen LogP contribution in [0.1, 0.15) is 45.2 Å². The number of Topliss-reactive ketones (excluding diaryl/α,β-unsaturated/α-hetero) is 1. The largest absolute Gasteiger partial charge is 0.321 e. The monoisotopic (exact) mass is 387 g/mol. The SMILES string of the molecule is CCN(C(=O)c1cccc(C(=O)Nc2ccc(C(C)=O)cc2)n1)c1ccccc1. The average molecular weight is 387 g/mol. The maximum absolute atomic E-state index is 12.9. The Morgan fingerprint density at radius 3 is 2.14 bits per heavy atom. The first-order valence-electron chi connectivity index (χ1n) is 9.26. The number of amides is 2. The van der Waals surface area contributed by atoms with E-state index in [-0.39, 0.29) is 23.1 Å². The number of carbonyl (C=O) groups is 3. The lowest BCUT2D eigenvalue weighted by Gasteiger charge is -2.20. The van der Waals surface area contributed by atoms with E-state index in [1.54, 1.807) is 47.4 Å². The number of hydrogen-bond donors (Lipinski definition) is 1. The van der Waals surface area contributed by atoms with Crippen molar-refractivity contribution < 1.29 is 14.4 Å². The van der Waals surface area contributed by atoms with E-state index in [2.05, 4.69) is 10.3 Å². The zero-order valence-electron chi connectivity index (χ0n) is 16.3. The second kappa shape index (κ2) is 8.93. The van der Waals surface area contributed by atoms with E-state index in [9.17, 15) is 14.4 Å². The maximum atomic E-state index is 12.9. The number of carbonyl (C=O) groups excluding carboxylic acids is 3. The van der Waals surface area contributed by atoms with E-state index in [4.69, 9.17) is 0 Å². The molecule has 29 heavy (non-hydrogen) atoms. The van der Waals surface area contributed by atoms with E-state index in [0.717, 1.165) is 5.69 Å². The number of anilines is 2. The Hall–Kier alpha value is -3.80. The second-order valence-corrected chi connectivity index (χ2v) is 6.38. The van der Waals surface area contributed by atoms with Crippen molar-refractivity contribution in [1.29, 1.82) is 0 Å². The van der Waals surface area contributed by atoms with Crippen molar-refractivity contribution in [3.8, 4) is 0 Å². The summed E-state index contributed by atoms with van der Waals surface area (Å²) >= 11 is 0. The molecule has 0 unspecified atom stereocenters. The Morgan fingerprint density at radius 2 is 1.52 bits per heavy atom. The molecular weight excluding hydrogens is 366 g/mol. The molecule has 1 aromatic heterocycles. The van der Waals surface area contributed by atoms with Gasteiger partial charge in [-0.2, -0.15) is 0 Å². The summed E-state index contributed by atoms with van der Waals surface area (Å²) in [6.45, 7) is 3.84. The molecule has 3 aromatic rings. The fraction of sp³-hybridized carbons (Fsp3) is 0.130. The molecule has 2 amide bonds. The van der Waals surface area contributed by atoms with Crippen molar-refractivity contribution in [2.75, 3.05) is 16.8 Å². The van der Waals surface area contributed by atoms with Gasteiger partial charge in [0.2, 0.25) is 0 Å². The van der Waals surface area contributed by atoms with E-state index in [1.807, 2.05) is 37.3 Å². The minimum Gasteiger partial charge on any atom is -0.321 e. The van der Waals surface area contributed by atoms with Crippen molar-refractivity contribution in [1.82, 2.24) is 4.98 Å². The quantitative estimate of drug-likeness (QED) is 0.643. The van der Waals surface area contributed by atoms with Crippen molar-refractivity contribution in [2.24, 2.45) is 0 Å². The molecule has 0 fully saturated rings. The van der Waals surface area contributed by atoms with Crippen LogP contribution in [-0.2, 0) is 0 Å². The third-order valence-corrected chi connectivity index (χ3v) is 4.38. The van der Waals surface area contributed by atoms with E-state index >= 15 is 0 Å². The van der Waals surface area contributed by atoms with Crippen LogP contribution < -0.4 is 10.2 Å². The van der Waals surface area contributed by atoms with Crippen molar-refractivity contribution in [3.05, 3.63) is 89.7 Å². The van der Waals surface area contributed by atoms with Crippen LogP contribution in [0.4, 0.5) is 11.4 Å². The molecule has 3 rings (SSSR count). The summed E-state index contributed by atoms with van der Waals surface area (Å²) in [6.07, 6.45) is 0. The fourth-order valence-corrected chi connectivity index (χ4v) is 2.85. The zero-order valence-corrected chi connectivity index (χ0v) is 16.3. The molecule has 2 aromatic carbocycles. The lowest BCUT2D eigenvalue weighted by Crippen LogP contribution is -2.31. The molecule has 0 aliphatic carbocycles. The molecule has 6 nitrogen and oxygen atoms in total. The van der Waals surface area contributed by atoms with Crippen LogP contribution in [0, 0.1) is 0 Å². The Kier molecular flexibility index (Phi) is 6.14. The maximum Gasteiger partial charge on any atom is 0.276 e. The summed E-state index contributed by atoms with van der Waals surface area (Å²) in [5.41, 5.74) is 2.19. The second-order valence-electron chi connectivity index (χ2n) is 6.38. The third-order valence-electron chi connectivity index (χ3n) is 4.38. The topological polar surface area (TPSA) is 79.4 Å². The van der Waals surface area contributed by atoms with Gasteiger partial charge in [-0.3, -0.25) is 14.4 Å². The first kappa shape index (κ1) is 19.9. The summed E-state index contributed by atoms with van der Waals surface area (Å²) in [5, 5.41) is 2.73. The van der Waals surface area contributed by atoms with Gasteiger partial charge in [0.15, 0.2) is 5.78 Å². The molecule has 0 saturated carbocycles. The molecule has 0 aliphatic rings. The summed E-state index contributed by atoms with van der Waals surface area (Å²) in [4.78, 5) is 42.7. The minimum atomic E-state index is -0.432. The van der Waals surface area contributed by atoms with Gasteiger partial charge in [-0.05, 0) is 62.4 Å². The van der Waals surface area contributed by atoms with Gasteiger partial charge < -0.3 is 10.2 Å². The molecule has 146 valence electrons. The van der Waals surface area contributed by atoms with Gasteiger partial charge in [-0.15, -0.1) is 0 Å². The van der Waals surface area contributed by atoms with Crippen LogP contribution in [0.3, 0.4) is 0 Å². The first-order valence-corrected chi connectivity index (χ1v) is 9.26. The van der Waals surface area contributed by atoms with Gasteiger partial charge in [0.05, 0.1) is 0 Å². The van der Waals surface area contributed by atoms with E-state index in [1.165, 1.54) is 6.92 Å². The lowest BCUT2D eigenvalue weighted by molar-refractivity contribution is 0.0980. The smallest absolute Gasteiger partial charge is 0.276 e. The number of nitrogens with one attached hydrogen (secondary N) is 1. The summed E-state index contributed by atoms with van der Waals surface area (Å²) < 4.78 is 0. The molecule has 1 N–H and O–H groups in total. The standard InChI is InChI=1S/C23H21N3O3/c1-3-26(19-8-5-4-6-9-19)23(29)21-11-7-10-20(25-21)22(28)24-18-14-12-17(13-15-18)16(2)27/h4-15H,3H2,1-2H3,(H,24,28). The summed E-state index contributed by atoms with van der Waals surface area (Å²) in [7, 11) is 0. The number of nitrogens with zero attached hydrogens (tertiary/aromatic N) is 2. The first-order chi connectivity index (χ1) is 14.0. The van der Waals surface area contributed by atoms with E-state index < -0.39 is 5.91 Å². The lowest BCUT2D eigenvalue weighted by atomic mass is 10.1. The average Bonchev–Trinajstić information content (AvgIpc) is 2.75. The number of benzene rings is 2. The van der Waals surface area contributed by atoms with Crippen molar-refractivity contribution >= 4 is 29.0 Å². The number of para-hydroxylation sites is 1. The highest BCUT2D eigenvalue weighted by atomic mass is 16.2. The van der Waals surface area contributed by atoms with Crippen molar-refractivity contribution in [3.63, 3.8) is 0 Å². The van der Waals surface area contributed by atoms with Gasteiger partial charge in [0, 0.05) is 23.5 Å². The molecule has 0 radical (unpaired) electrons. The molecule has 6 heteroatoms. The Bertz CT molecular complexity index is 1030.